The van der Waals surface area contributed by atoms with Crippen LogP contribution in [0.1, 0.15) is 18.5 Å². The predicted molar refractivity (Wildman–Crippen MR) is 98.9 cm³/mol. The van der Waals surface area contributed by atoms with Gasteiger partial charge in [0.1, 0.15) is 6.54 Å². The largest absolute Gasteiger partial charge is 0.348 e. The van der Waals surface area contributed by atoms with Gasteiger partial charge < -0.3 is 9.88 Å². The summed E-state index contributed by atoms with van der Waals surface area (Å²) in [5, 5.41) is 3.58. The number of nitrogens with one attached hydrogen (secondary N) is 1. The lowest BCUT2D eigenvalue weighted by Gasteiger charge is -2.16. The maximum Gasteiger partial charge on any atom is 0.240 e. The first kappa shape index (κ1) is 16.5. The van der Waals surface area contributed by atoms with E-state index in [9.17, 15) is 9.59 Å². The number of carbonyl (C=O) groups is 1. The molecule has 24 heavy (non-hydrogen) atoms. The van der Waals surface area contributed by atoms with Gasteiger partial charge in [0.25, 0.3) is 0 Å². The fourth-order valence-corrected chi connectivity index (χ4v) is 3.05. The monoisotopic (exact) mass is 384 g/mol. The maximum absolute atomic E-state index is 12.4. The van der Waals surface area contributed by atoms with Crippen LogP contribution < -0.4 is 10.7 Å². The third kappa shape index (κ3) is 3.57. The summed E-state index contributed by atoms with van der Waals surface area (Å²) in [5.74, 6) is -0.0979. The number of hydrogen-bond donors (Lipinski definition) is 1. The summed E-state index contributed by atoms with van der Waals surface area (Å²) < 4.78 is 2.63. The molecule has 0 aliphatic rings. The van der Waals surface area contributed by atoms with Crippen molar-refractivity contribution in [2.75, 3.05) is 0 Å². The molecule has 4 nitrogen and oxygen atoms in total. The van der Waals surface area contributed by atoms with Gasteiger partial charge in [-0.2, -0.15) is 0 Å². The molecule has 1 heterocycles. The number of pyridine rings is 1. The second kappa shape index (κ2) is 7.01. The van der Waals surface area contributed by atoms with E-state index in [1.165, 1.54) is 6.07 Å². The molecule has 0 fully saturated rings. The molecule has 3 aromatic rings. The number of hydrogen-bond acceptors (Lipinski definition) is 2. The molecule has 1 unspecified atom stereocenters. The Balaban J connectivity index is 1.81. The second-order valence-electron chi connectivity index (χ2n) is 5.67. The van der Waals surface area contributed by atoms with E-state index in [0.717, 1.165) is 15.6 Å². The van der Waals surface area contributed by atoms with Gasteiger partial charge in [0.2, 0.25) is 5.91 Å². The van der Waals surface area contributed by atoms with Crippen LogP contribution >= 0.6 is 15.9 Å². The van der Waals surface area contributed by atoms with E-state index >= 15 is 0 Å². The number of rotatable bonds is 4. The Morgan fingerprint density at radius 1 is 1.17 bits per heavy atom. The van der Waals surface area contributed by atoms with Crippen molar-refractivity contribution in [3.63, 3.8) is 0 Å². The zero-order chi connectivity index (χ0) is 17.1. The van der Waals surface area contributed by atoms with Crippen molar-refractivity contribution in [1.29, 1.82) is 0 Å². The molecule has 0 radical (unpaired) electrons. The maximum atomic E-state index is 12.4. The molecule has 5 heteroatoms. The SMILES string of the molecule is CC(NC(=O)Cn1ccc(=O)c2cc(Br)ccc21)c1ccccc1. The van der Waals surface area contributed by atoms with Gasteiger partial charge in [0.15, 0.2) is 5.43 Å². The molecule has 1 aromatic heterocycles. The van der Waals surface area contributed by atoms with Crippen LogP contribution in [0.3, 0.4) is 0 Å². The minimum Gasteiger partial charge on any atom is -0.348 e. The van der Waals surface area contributed by atoms with E-state index in [4.69, 9.17) is 0 Å². The number of amides is 1. The van der Waals surface area contributed by atoms with Crippen molar-refractivity contribution in [2.45, 2.75) is 19.5 Å². The average Bonchev–Trinajstić information content (AvgIpc) is 2.58. The van der Waals surface area contributed by atoms with Crippen LogP contribution in [0.4, 0.5) is 0 Å². The van der Waals surface area contributed by atoms with Crippen molar-refractivity contribution >= 4 is 32.7 Å². The summed E-state index contributed by atoms with van der Waals surface area (Å²) in [6.45, 7) is 2.11. The molecule has 0 bridgehead atoms. The normalized spacial score (nSPS) is 12.1. The van der Waals surface area contributed by atoms with Crippen LogP contribution in [-0.2, 0) is 11.3 Å². The third-order valence-electron chi connectivity index (χ3n) is 3.93. The van der Waals surface area contributed by atoms with Crippen molar-refractivity contribution in [1.82, 2.24) is 9.88 Å². The van der Waals surface area contributed by atoms with Crippen LogP contribution in [0.15, 0.2) is 70.1 Å². The quantitative estimate of drug-likeness (QED) is 0.746. The van der Waals surface area contributed by atoms with Crippen LogP contribution in [0, 0.1) is 0 Å². The van der Waals surface area contributed by atoms with E-state index in [2.05, 4.69) is 21.2 Å². The molecule has 0 spiro atoms. The van der Waals surface area contributed by atoms with Crippen molar-refractivity contribution < 1.29 is 4.79 Å². The van der Waals surface area contributed by atoms with Gasteiger partial charge in [0.05, 0.1) is 11.6 Å². The van der Waals surface area contributed by atoms with Crippen LogP contribution in [0.2, 0.25) is 0 Å². The van der Waals surface area contributed by atoms with Crippen LogP contribution in [0.5, 0.6) is 0 Å². The molecule has 122 valence electrons. The molecular weight excluding hydrogens is 368 g/mol. The molecule has 0 aliphatic heterocycles. The molecule has 0 saturated carbocycles. The van der Waals surface area contributed by atoms with Gasteiger partial charge in [-0.25, -0.2) is 0 Å². The van der Waals surface area contributed by atoms with Crippen molar-refractivity contribution in [3.8, 4) is 0 Å². The molecule has 0 aliphatic carbocycles. The molecule has 1 N–H and O–H groups in total. The van der Waals surface area contributed by atoms with E-state index < -0.39 is 0 Å². The lowest BCUT2D eigenvalue weighted by atomic mass is 10.1. The summed E-state index contributed by atoms with van der Waals surface area (Å²) in [4.78, 5) is 24.4. The standard InChI is InChI=1S/C19H17BrN2O2/c1-13(14-5-3-2-4-6-14)21-19(24)12-22-10-9-18(23)16-11-15(20)7-8-17(16)22/h2-11,13H,12H2,1H3,(H,21,24). The fraction of sp³-hybridized carbons (Fsp3) is 0.158. The molecule has 2 aromatic carbocycles. The first-order chi connectivity index (χ1) is 11.5. The smallest absolute Gasteiger partial charge is 0.240 e. The number of halogens is 1. The lowest BCUT2D eigenvalue weighted by Crippen LogP contribution is -2.30. The Morgan fingerprint density at radius 2 is 1.92 bits per heavy atom. The molecule has 3 rings (SSSR count). The Labute approximate surface area is 148 Å². The van der Waals surface area contributed by atoms with Gasteiger partial charge >= 0.3 is 0 Å². The highest BCUT2D eigenvalue weighted by atomic mass is 79.9. The summed E-state index contributed by atoms with van der Waals surface area (Å²) in [7, 11) is 0. The highest BCUT2D eigenvalue weighted by molar-refractivity contribution is 9.10. The first-order valence-corrected chi connectivity index (χ1v) is 8.47. The van der Waals surface area contributed by atoms with Gasteiger partial charge in [0, 0.05) is 22.1 Å². The third-order valence-corrected chi connectivity index (χ3v) is 4.42. The first-order valence-electron chi connectivity index (χ1n) is 7.67. The molecule has 1 amide bonds. The highest BCUT2D eigenvalue weighted by Gasteiger charge is 2.11. The second-order valence-corrected chi connectivity index (χ2v) is 6.58. The van der Waals surface area contributed by atoms with Crippen LogP contribution in [-0.4, -0.2) is 10.5 Å². The summed E-state index contributed by atoms with van der Waals surface area (Å²) in [6, 6.07) is 16.7. The van der Waals surface area contributed by atoms with Gasteiger partial charge in [-0.15, -0.1) is 0 Å². The number of aromatic nitrogens is 1. The summed E-state index contributed by atoms with van der Waals surface area (Å²) in [5.41, 5.74) is 1.74. The van der Waals surface area contributed by atoms with E-state index in [1.54, 1.807) is 16.8 Å². The predicted octanol–water partition coefficient (Wildman–Crippen LogP) is 3.64. The minimum atomic E-state index is -0.0979. The van der Waals surface area contributed by atoms with Gasteiger partial charge in [-0.05, 0) is 30.7 Å². The Morgan fingerprint density at radius 3 is 2.67 bits per heavy atom. The number of fused-ring (bicyclic) bond motifs is 1. The van der Waals surface area contributed by atoms with Gasteiger partial charge in [-0.3, -0.25) is 9.59 Å². The lowest BCUT2D eigenvalue weighted by molar-refractivity contribution is -0.122. The average molecular weight is 385 g/mol. The van der Waals surface area contributed by atoms with E-state index in [0.29, 0.717) is 5.39 Å². The Kier molecular flexibility index (Phi) is 4.81. The fourth-order valence-electron chi connectivity index (χ4n) is 2.69. The number of nitrogens with zero attached hydrogens (tertiary/aromatic N) is 1. The zero-order valence-electron chi connectivity index (χ0n) is 13.2. The zero-order valence-corrected chi connectivity index (χ0v) is 14.8. The number of benzene rings is 2. The molecule has 1 atom stereocenters. The summed E-state index contributed by atoms with van der Waals surface area (Å²) >= 11 is 3.37. The Bertz CT molecular complexity index is 935. The number of carbonyl (C=O) groups excluding carboxylic acids is 1. The van der Waals surface area contributed by atoms with E-state index in [-0.39, 0.29) is 23.9 Å². The molecular formula is C19H17BrN2O2. The van der Waals surface area contributed by atoms with E-state index in [1.807, 2.05) is 49.4 Å². The Hall–Kier alpha value is -2.40. The van der Waals surface area contributed by atoms with Crippen molar-refractivity contribution in [2.24, 2.45) is 0 Å². The molecule has 0 saturated heterocycles. The van der Waals surface area contributed by atoms with Gasteiger partial charge in [-0.1, -0.05) is 46.3 Å². The minimum absolute atomic E-state index is 0.0550. The highest BCUT2D eigenvalue weighted by Crippen LogP contribution is 2.17. The van der Waals surface area contributed by atoms with Crippen molar-refractivity contribution in [3.05, 3.63) is 81.1 Å². The summed E-state index contributed by atoms with van der Waals surface area (Å²) in [6.07, 6.45) is 1.66. The van der Waals surface area contributed by atoms with Crippen LogP contribution in [0.25, 0.3) is 10.9 Å². The topological polar surface area (TPSA) is 51.1 Å².